The number of benzene rings is 1. The minimum Gasteiger partial charge on any atom is -0.390 e. The number of amides is 1. The van der Waals surface area contributed by atoms with E-state index in [1.807, 2.05) is 31.3 Å². The molecule has 0 aromatic heterocycles. The SMILES string of the molecule is CCC(C)C(=N)CCC(C)CN1CC(CC(=O)NCc2ccc(Cl)cc2)=C(NC)C1. The van der Waals surface area contributed by atoms with Gasteiger partial charge in [-0.25, -0.2) is 0 Å². The number of hydrogen-bond donors (Lipinski definition) is 3. The summed E-state index contributed by atoms with van der Waals surface area (Å²) < 4.78 is 0. The molecule has 166 valence electrons. The summed E-state index contributed by atoms with van der Waals surface area (Å²) in [5.41, 5.74) is 4.25. The molecule has 2 rings (SSSR count). The van der Waals surface area contributed by atoms with Gasteiger partial charge in [0.25, 0.3) is 0 Å². The van der Waals surface area contributed by atoms with E-state index in [9.17, 15) is 4.79 Å². The van der Waals surface area contributed by atoms with Crippen LogP contribution in [0.3, 0.4) is 0 Å². The van der Waals surface area contributed by atoms with Crippen LogP contribution < -0.4 is 10.6 Å². The number of halogens is 1. The molecule has 0 saturated heterocycles. The van der Waals surface area contributed by atoms with Crippen LogP contribution in [0.2, 0.25) is 5.02 Å². The van der Waals surface area contributed by atoms with E-state index in [1.54, 1.807) is 0 Å². The first-order chi connectivity index (χ1) is 14.3. The van der Waals surface area contributed by atoms with Crippen molar-refractivity contribution in [2.24, 2.45) is 11.8 Å². The average molecular weight is 433 g/mol. The maximum Gasteiger partial charge on any atom is 0.224 e. The fourth-order valence-electron chi connectivity index (χ4n) is 3.79. The summed E-state index contributed by atoms with van der Waals surface area (Å²) in [5, 5.41) is 15.2. The van der Waals surface area contributed by atoms with Crippen molar-refractivity contribution in [3.63, 3.8) is 0 Å². The van der Waals surface area contributed by atoms with Gasteiger partial charge in [-0.2, -0.15) is 0 Å². The van der Waals surface area contributed by atoms with Gasteiger partial charge in [-0.3, -0.25) is 9.69 Å². The van der Waals surface area contributed by atoms with Crippen molar-refractivity contribution >= 4 is 23.2 Å². The van der Waals surface area contributed by atoms with E-state index in [1.165, 1.54) is 5.57 Å². The molecule has 0 saturated carbocycles. The molecule has 30 heavy (non-hydrogen) atoms. The lowest BCUT2D eigenvalue weighted by molar-refractivity contribution is -0.120. The molecule has 0 aliphatic carbocycles. The minimum absolute atomic E-state index is 0.0459. The minimum atomic E-state index is 0.0459. The third-order valence-corrected chi connectivity index (χ3v) is 6.24. The van der Waals surface area contributed by atoms with Gasteiger partial charge in [-0.05, 0) is 54.4 Å². The first kappa shape index (κ1) is 24.4. The number of nitrogens with zero attached hydrogens (tertiary/aromatic N) is 1. The summed E-state index contributed by atoms with van der Waals surface area (Å²) in [7, 11) is 1.93. The van der Waals surface area contributed by atoms with E-state index in [-0.39, 0.29) is 5.91 Å². The van der Waals surface area contributed by atoms with E-state index in [2.05, 4.69) is 36.3 Å². The van der Waals surface area contributed by atoms with Crippen LogP contribution in [0, 0.1) is 17.2 Å². The highest BCUT2D eigenvalue weighted by atomic mass is 35.5. The molecule has 1 aromatic carbocycles. The molecule has 1 aliphatic rings. The maximum atomic E-state index is 12.5. The Bertz CT molecular complexity index is 744. The molecule has 1 aromatic rings. The lowest BCUT2D eigenvalue weighted by Crippen LogP contribution is -2.29. The van der Waals surface area contributed by atoms with Gasteiger partial charge in [0.15, 0.2) is 0 Å². The summed E-state index contributed by atoms with van der Waals surface area (Å²) in [5.74, 6) is 0.967. The lowest BCUT2D eigenvalue weighted by Gasteiger charge is -2.22. The van der Waals surface area contributed by atoms with Gasteiger partial charge in [0.05, 0.1) is 6.42 Å². The maximum absolute atomic E-state index is 12.5. The largest absolute Gasteiger partial charge is 0.390 e. The van der Waals surface area contributed by atoms with Crippen molar-refractivity contribution in [2.75, 3.05) is 26.7 Å². The molecule has 0 spiro atoms. The zero-order valence-electron chi connectivity index (χ0n) is 18.9. The van der Waals surface area contributed by atoms with Crippen LogP contribution in [0.25, 0.3) is 0 Å². The monoisotopic (exact) mass is 432 g/mol. The molecule has 6 heteroatoms. The van der Waals surface area contributed by atoms with E-state index < -0.39 is 0 Å². The molecule has 1 heterocycles. The zero-order valence-corrected chi connectivity index (χ0v) is 19.6. The number of carbonyl (C=O) groups excluding carboxylic acids is 1. The first-order valence-corrected chi connectivity index (χ1v) is 11.4. The van der Waals surface area contributed by atoms with Gasteiger partial charge in [-0.1, -0.05) is 44.5 Å². The molecule has 1 amide bonds. The van der Waals surface area contributed by atoms with Crippen LogP contribution >= 0.6 is 11.6 Å². The van der Waals surface area contributed by atoms with E-state index >= 15 is 0 Å². The number of hydrogen-bond acceptors (Lipinski definition) is 4. The Kier molecular flexibility index (Phi) is 9.86. The second-order valence-electron chi connectivity index (χ2n) is 8.56. The van der Waals surface area contributed by atoms with Crippen molar-refractivity contribution in [1.82, 2.24) is 15.5 Å². The highest BCUT2D eigenvalue weighted by molar-refractivity contribution is 6.30. The fourth-order valence-corrected chi connectivity index (χ4v) is 3.92. The van der Waals surface area contributed by atoms with Crippen molar-refractivity contribution in [1.29, 1.82) is 5.41 Å². The number of rotatable bonds is 12. The summed E-state index contributed by atoms with van der Waals surface area (Å²) in [6.07, 6.45) is 3.40. The topological polar surface area (TPSA) is 68.2 Å². The smallest absolute Gasteiger partial charge is 0.224 e. The Balaban J connectivity index is 1.77. The Morgan fingerprint density at radius 2 is 1.93 bits per heavy atom. The molecule has 1 aliphatic heterocycles. The van der Waals surface area contributed by atoms with Crippen LogP contribution in [-0.4, -0.2) is 43.2 Å². The van der Waals surface area contributed by atoms with Gasteiger partial charge >= 0.3 is 0 Å². The zero-order chi connectivity index (χ0) is 22.1. The van der Waals surface area contributed by atoms with Crippen molar-refractivity contribution in [3.8, 4) is 0 Å². The highest BCUT2D eigenvalue weighted by Crippen LogP contribution is 2.21. The summed E-state index contributed by atoms with van der Waals surface area (Å²) in [6, 6.07) is 7.54. The van der Waals surface area contributed by atoms with Crippen LogP contribution in [-0.2, 0) is 11.3 Å². The Morgan fingerprint density at radius 1 is 1.23 bits per heavy atom. The van der Waals surface area contributed by atoms with Gasteiger partial charge in [0, 0.05) is 49.7 Å². The summed E-state index contributed by atoms with van der Waals surface area (Å²) in [6.45, 7) is 9.75. The predicted octanol–water partition coefficient (Wildman–Crippen LogP) is 4.62. The molecule has 0 radical (unpaired) electrons. The standard InChI is InChI=1S/C24H37ClN4O/c1-5-18(3)22(26)11-6-17(2)14-29-15-20(23(16-29)27-4)12-24(30)28-13-19-7-9-21(25)10-8-19/h7-10,17-18,26-27H,5-6,11-16H2,1-4H3,(H,28,30). The average Bonchev–Trinajstić information content (AvgIpc) is 3.11. The molecule has 5 nitrogen and oxygen atoms in total. The molecule has 0 fully saturated rings. The van der Waals surface area contributed by atoms with Crippen molar-refractivity contribution in [2.45, 2.75) is 53.0 Å². The number of nitrogens with one attached hydrogen (secondary N) is 3. The van der Waals surface area contributed by atoms with E-state index in [4.69, 9.17) is 17.0 Å². The summed E-state index contributed by atoms with van der Waals surface area (Å²) >= 11 is 5.91. The van der Waals surface area contributed by atoms with E-state index in [0.29, 0.717) is 29.8 Å². The van der Waals surface area contributed by atoms with E-state index in [0.717, 1.165) is 55.9 Å². The molecular weight excluding hydrogens is 396 g/mol. The molecule has 3 N–H and O–H groups in total. The van der Waals surface area contributed by atoms with Crippen LogP contribution in [0.5, 0.6) is 0 Å². The van der Waals surface area contributed by atoms with Crippen LogP contribution in [0.4, 0.5) is 0 Å². The molecule has 2 unspecified atom stereocenters. The Morgan fingerprint density at radius 3 is 2.57 bits per heavy atom. The molecule has 0 bridgehead atoms. The van der Waals surface area contributed by atoms with Crippen LogP contribution in [0.15, 0.2) is 35.5 Å². The predicted molar refractivity (Wildman–Crippen MR) is 126 cm³/mol. The highest BCUT2D eigenvalue weighted by Gasteiger charge is 2.24. The third kappa shape index (κ3) is 7.77. The number of carbonyl (C=O) groups is 1. The van der Waals surface area contributed by atoms with Crippen molar-refractivity contribution < 1.29 is 4.79 Å². The first-order valence-electron chi connectivity index (χ1n) is 11.0. The van der Waals surface area contributed by atoms with Crippen molar-refractivity contribution in [3.05, 3.63) is 46.1 Å². The second-order valence-corrected chi connectivity index (χ2v) is 9.00. The third-order valence-electron chi connectivity index (χ3n) is 5.99. The Labute approximate surface area is 186 Å². The van der Waals surface area contributed by atoms with Gasteiger partial charge < -0.3 is 16.0 Å². The summed E-state index contributed by atoms with van der Waals surface area (Å²) in [4.78, 5) is 14.9. The normalized spacial score (nSPS) is 16.4. The van der Waals surface area contributed by atoms with Gasteiger partial charge in [0.2, 0.25) is 5.91 Å². The quantitative estimate of drug-likeness (QED) is 0.422. The Hall–Kier alpha value is -1.85. The lowest BCUT2D eigenvalue weighted by atomic mass is 9.95. The molecule has 2 atom stereocenters. The van der Waals surface area contributed by atoms with Gasteiger partial charge in [-0.15, -0.1) is 0 Å². The number of likely N-dealkylation sites (N-methyl/N-ethyl adjacent to an activating group) is 1. The van der Waals surface area contributed by atoms with Crippen LogP contribution in [0.1, 0.15) is 52.0 Å². The fraction of sp³-hybridized carbons (Fsp3) is 0.583. The van der Waals surface area contributed by atoms with Gasteiger partial charge in [0.1, 0.15) is 0 Å². The molecular formula is C24H37ClN4O. The second kappa shape index (κ2) is 12.1.